The molecular weight excluding hydrogens is 424 g/mol. The molecule has 9 heteroatoms. The fraction of sp³-hybridized carbons (Fsp3) is 0.304. The fourth-order valence-electron chi connectivity index (χ4n) is 3.56. The molecule has 3 aromatic rings. The Morgan fingerprint density at radius 3 is 2.59 bits per heavy atom. The van der Waals surface area contributed by atoms with E-state index in [9.17, 15) is 9.59 Å². The van der Waals surface area contributed by atoms with Gasteiger partial charge < -0.3 is 15.1 Å². The number of thioether (sulfide) groups is 1. The summed E-state index contributed by atoms with van der Waals surface area (Å²) in [5.74, 6) is 0.711. The van der Waals surface area contributed by atoms with E-state index < -0.39 is 0 Å². The predicted molar refractivity (Wildman–Crippen MR) is 125 cm³/mol. The number of carbonyl (C=O) groups is 2. The number of para-hydroxylation sites is 2. The SMILES string of the molecule is C[C@H](c1nnc(SCC(=O)N2CC(=O)Nc3ccccc32)n1Cc1ccccc1)[NH+](C)C. The summed E-state index contributed by atoms with van der Waals surface area (Å²) in [5, 5.41) is 12.4. The van der Waals surface area contributed by atoms with Crippen LogP contribution >= 0.6 is 11.8 Å². The highest BCUT2D eigenvalue weighted by molar-refractivity contribution is 7.99. The van der Waals surface area contributed by atoms with Crippen LogP contribution in [0.15, 0.2) is 59.8 Å². The molecule has 2 heterocycles. The average molecular weight is 452 g/mol. The minimum atomic E-state index is -0.195. The molecular formula is C23H27N6O2S+. The average Bonchev–Trinajstić information content (AvgIpc) is 3.19. The molecule has 0 unspecified atom stereocenters. The Kier molecular flexibility index (Phi) is 6.57. The van der Waals surface area contributed by atoms with Gasteiger partial charge in [0.25, 0.3) is 0 Å². The second-order valence-electron chi connectivity index (χ2n) is 8.05. The van der Waals surface area contributed by atoms with Gasteiger partial charge in [-0.1, -0.05) is 54.2 Å². The molecule has 1 aromatic heterocycles. The maximum Gasteiger partial charge on any atom is 0.244 e. The molecule has 0 saturated carbocycles. The number of quaternary nitrogens is 1. The molecule has 2 N–H and O–H groups in total. The number of fused-ring (bicyclic) bond motifs is 1. The lowest BCUT2D eigenvalue weighted by Crippen LogP contribution is -3.05. The van der Waals surface area contributed by atoms with Crippen LogP contribution in [-0.4, -0.2) is 53.0 Å². The number of rotatable bonds is 7. The van der Waals surface area contributed by atoms with E-state index in [1.807, 2.05) is 36.4 Å². The summed E-state index contributed by atoms with van der Waals surface area (Å²) < 4.78 is 2.09. The first kappa shape index (κ1) is 22.0. The lowest BCUT2D eigenvalue weighted by atomic mass is 10.2. The Labute approximate surface area is 191 Å². The van der Waals surface area contributed by atoms with Crippen LogP contribution in [0.4, 0.5) is 11.4 Å². The molecule has 4 rings (SSSR count). The number of nitrogens with zero attached hydrogens (tertiary/aromatic N) is 4. The maximum atomic E-state index is 13.1. The number of hydrogen-bond donors (Lipinski definition) is 2. The Morgan fingerprint density at radius 2 is 1.84 bits per heavy atom. The molecule has 1 aliphatic heterocycles. The zero-order valence-electron chi connectivity index (χ0n) is 18.4. The molecule has 2 aromatic carbocycles. The largest absolute Gasteiger partial charge is 0.331 e. The second kappa shape index (κ2) is 9.54. The molecule has 0 radical (unpaired) electrons. The van der Waals surface area contributed by atoms with Crippen LogP contribution in [0.1, 0.15) is 24.4 Å². The summed E-state index contributed by atoms with van der Waals surface area (Å²) in [4.78, 5) is 27.9. The Morgan fingerprint density at radius 1 is 1.12 bits per heavy atom. The van der Waals surface area contributed by atoms with Gasteiger partial charge in [-0.3, -0.25) is 14.2 Å². The number of amides is 2. The number of carbonyl (C=O) groups excluding carboxylic acids is 2. The van der Waals surface area contributed by atoms with Crippen molar-refractivity contribution in [1.82, 2.24) is 14.8 Å². The van der Waals surface area contributed by atoms with Crippen molar-refractivity contribution < 1.29 is 14.5 Å². The third-order valence-corrected chi connectivity index (χ3v) is 6.53. The summed E-state index contributed by atoms with van der Waals surface area (Å²) in [6.07, 6.45) is 0. The smallest absolute Gasteiger partial charge is 0.244 e. The van der Waals surface area contributed by atoms with Crippen molar-refractivity contribution in [2.24, 2.45) is 0 Å². The molecule has 0 saturated heterocycles. The predicted octanol–water partition coefficient (Wildman–Crippen LogP) is 1.61. The monoisotopic (exact) mass is 451 g/mol. The van der Waals surface area contributed by atoms with Gasteiger partial charge in [0.15, 0.2) is 11.0 Å². The van der Waals surface area contributed by atoms with Gasteiger partial charge in [-0.15, -0.1) is 10.2 Å². The fourth-order valence-corrected chi connectivity index (χ4v) is 4.38. The first-order valence-corrected chi connectivity index (χ1v) is 11.5. The van der Waals surface area contributed by atoms with Gasteiger partial charge >= 0.3 is 0 Å². The number of hydrogen-bond acceptors (Lipinski definition) is 5. The van der Waals surface area contributed by atoms with Crippen LogP contribution in [0, 0.1) is 0 Å². The molecule has 0 bridgehead atoms. The van der Waals surface area contributed by atoms with Crippen molar-refractivity contribution in [2.75, 3.05) is 36.6 Å². The van der Waals surface area contributed by atoms with Gasteiger partial charge in [-0.2, -0.15) is 0 Å². The van der Waals surface area contributed by atoms with Crippen molar-refractivity contribution in [3.8, 4) is 0 Å². The zero-order chi connectivity index (χ0) is 22.7. The van der Waals surface area contributed by atoms with Gasteiger partial charge in [0.2, 0.25) is 11.8 Å². The number of benzene rings is 2. The standard InChI is InChI=1S/C23H26N6O2S/c1-16(27(2)3)22-25-26-23(29(22)13-17-9-5-4-6-10-17)32-15-21(31)28-14-20(30)24-18-11-7-8-12-19(18)28/h4-12,16H,13-15H2,1-3H3,(H,24,30)/p+1/t16-/m1/s1. The summed E-state index contributed by atoms with van der Waals surface area (Å²) >= 11 is 1.35. The number of aromatic nitrogens is 3. The van der Waals surface area contributed by atoms with Crippen LogP contribution in [0.25, 0.3) is 0 Å². The van der Waals surface area contributed by atoms with E-state index in [-0.39, 0.29) is 30.2 Å². The van der Waals surface area contributed by atoms with E-state index in [0.717, 1.165) is 11.4 Å². The van der Waals surface area contributed by atoms with Crippen LogP contribution in [0.2, 0.25) is 0 Å². The summed E-state index contributed by atoms with van der Waals surface area (Å²) in [6.45, 7) is 2.76. The first-order chi connectivity index (χ1) is 15.4. The van der Waals surface area contributed by atoms with Crippen molar-refractivity contribution in [1.29, 1.82) is 0 Å². The molecule has 32 heavy (non-hydrogen) atoms. The first-order valence-electron chi connectivity index (χ1n) is 10.5. The Hall–Kier alpha value is -3.17. The normalized spacial score (nSPS) is 14.2. The second-order valence-corrected chi connectivity index (χ2v) is 8.99. The summed E-state index contributed by atoms with van der Waals surface area (Å²) in [7, 11) is 4.17. The molecule has 1 atom stereocenters. The highest BCUT2D eigenvalue weighted by Crippen LogP contribution is 2.30. The third kappa shape index (κ3) is 4.68. The topological polar surface area (TPSA) is 84.6 Å². The van der Waals surface area contributed by atoms with E-state index in [1.54, 1.807) is 6.07 Å². The Bertz CT molecular complexity index is 1110. The zero-order valence-corrected chi connectivity index (χ0v) is 19.2. The van der Waals surface area contributed by atoms with Gasteiger partial charge in [0, 0.05) is 0 Å². The van der Waals surface area contributed by atoms with Gasteiger partial charge in [0.05, 0.1) is 37.8 Å². The van der Waals surface area contributed by atoms with Crippen molar-refractivity contribution in [2.45, 2.75) is 24.7 Å². The van der Waals surface area contributed by atoms with Crippen molar-refractivity contribution >= 4 is 35.0 Å². The minimum absolute atomic E-state index is 0.0133. The summed E-state index contributed by atoms with van der Waals surface area (Å²) in [5.41, 5.74) is 2.51. The van der Waals surface area contributed by atoms with Crippen LogP contribution in [0.3, 0.4) is 0 Å². The third-order valence-electron chi connectivity index (χ3n) is 5.58. The lowest BCUT2D eigenvalue weighted by Gasteiger charge is -2.29. The molecule has 166 valence electrons. The quantitative estimate of drug-likeness (QED) is 0.533. The van der Waals surface area contributed by atoms with E-state index >= 15 is 0 Å². The molecule has 1 aliphatic rings. The van der Waals surface area contributed by atoms with Gasteiger partial charge in [-0.25, -0.2) is 0 Å². The highest BCUT2D eigenvalue weighted by Gasteiger charge is 2.28. The molecule has 0 spiro atoms. The lowest BCUT2D eigenvalue weighted by molar-refractivity contribution is -0.890. The molecule has 2 amide bonds. The van der Waals surface area contributed by atoms with E-state index in [4.69, 9.17) is 0 Å². The van der Waals surface area contributed by atoms with Crippen LogP contribution in [-0.2, 0) is 16.1 Å². The van der Waals surface area contributed by atoms with E-state index in [1.165, 1.54) is 21.6 Å². The van der Waals surface area contributed by atoms with Crippen LogP contribution in [0.5, 0.6) is 0 Å². The molecule has 0 aliphatic carbocycles. The van der Waals surface area contributed by atoms with E-state index in [2.05, 4.69) is 53.2 Å². The molecule has 8 nitrogen and oxygen atoms in total. The number of anilines is 2. The van der Waals surface area contributed by atoms with E-state index in [0.29, 0.717) is 23.1 Å². The number of nitrogens with one attached hydrogen (secondary N) is 2. The molecule has 0 fully saturated rings. The maximum absolute atomic E-state index is 13.1. The van der Waals surface area contributed by atoms with Gasteiger partial charge in [0.1, 0.15) is 12.6 Å². The van der Waals surface area contributed by atoms with Crippen molar-refractivity contribution in [3.05, 3.63) is 66.0 Å². The minimum Gasteiger partial charge on any atom is -0.331 e. The highest BCUT2D eigenvalue weighted by atomic mass is 32.2. The van der Waals surface area contributed by atoms with Crippen molar-refractivity contribution in [3.63, 3.8) is 0 Å². The van der Waals surface area contributed by atoms with Crippen LogP contribution < -0.4 is 15.1 Å². The Balaban J connectivity index is 1.55. The van der Waals surface area contributed by atoms with Gasteiger partial charge in [-0.05, 0) is 24.6 Å². The summed E-state index contributed by atoms with van der Waals surface area (Å²) in [6, 6.07) is 17.6.